The minimum Gasteiger partial charge on any atom is -0.490 e. The third-order valence-corrected chi connectivity index (χ3v) is 6.31. The molecule has 1 aromatic carbocycles. The molecule has 0 bridgehead atoms. The maximum atomic E-state index is 14.6. The monoisotopic (exact) mass is 507 g/mol. The summed E-state index contributed by atoms with van der Waals surface area (Å²) in [4.78, 5) is 36.1. The van der Waals surface area contributed by atoms with Gasteiger partial charge in [0.25, 0.3) is 5.56 Å². The number of halogens is 1. The zero-order chi connectivity index (χ0) is 26.6. The first-order valence-corrected chi connectivity index (χ1v) is 12.7. The molecule has 9 heteroatoms. The summed E-state index contributed by atoms with van der Waals surface area (Å²) >= 11 is 0. The number of aromatic nitrogens is 3. The van der Waals surface area contributed by atoms with Crippen molar-refractivity contribution in [3.8, 4) is 11.4 Å². The average Bonchev–Trinajstić information content (AvgIpc) is 2.86. The first kappa shape index (κ1) is 26.3. The summed E-state index contributed by atoms with van der Waals surface area (Å²) < 4.78 is 22.1. The lowest BCUT2D eigenvalue weighted by atomic mass is 9.95. The largest absolute Gasteiger partial charge is 0.490 e. The number of rotatable bonds is 7. The molecule has 1 aliphatic rings. The number of aryl methyl sites for hydroxylation is 1. The molecule has 4 rings (SSSR count). The first-order chi connectivity index (χ1) is 17.6. The summed E-state index contributed by atoms with van der Waals surface area (Å²) in [6.07, 6.45) is 8.96. The van der Waals surface area contributed by atoms with Gasteiger partial charge in [0.1, 0.15) is 17.7 Å². The second kappa shape index (κ2) is 11.1. The number of hydrogen-bond donors (Lipinski definition) is 1. The highest BCUT2D eigenvalue weighted by atomic mass is 19.1. The van der Waals surface area contributed by atoms with Crippen LogP contribution in [0.15, 0.2) is 53.7 Å². The fraction of sp³-hybridized carbons (Fsp3) is 0.429. The lowest BCUT2D eigenvalue weighted by molar-refractivity contribution is -0.123. The highest BCUT2D eigenvalue weighted by Crippen LogP contribution is 2.23. The number of anilines is 2. The molecule has 8 nitrogen and oxygen atoms in total. The van der Waals surface area contributed by atoms with Gasteiger partial charge >= 0.3 is 0 Å². The van der Waals surface area contributed by atoms with Gasteiger partial charge in [-0.25, -0.2) is 14.4 Å². The number of carbonyl (C=O) groups is 1. The molecule has 1 saturated heterocycles. The molecule has 37 heavy (non-hydrogen) atoms. The Balaban J connectivity index is 1.36. The molecule has 0 unspecified atom stereocenters. The number of carbonyl (C=O) groups excluding carboxylic acids is 1. The minimum absolute atomic E-state index is 0.0194. The third kappa shape index (κ3) is 6.53. The summed E-state index contributed by atoms with van der Waals surface area (Å²) in [7, 11) is 0. The van der Waals surface area contributed by atoms with Gasteiger partial charge in [0.15, 0.2) is 0 Å². The fourth-order valence-electron chi connectivity index (χ4n) is 4.11. The number of amides is 1. The van der Waals surface area contributed by atoms with Gasteiger partial charge in [-0.05, 0) is 30.2 Å². The molecular weight excluding hydrogens is 473 g/mol. The van der Waals surface area contributed by atoms with E-state index in [9.17, 15) is 14.0 Å². The highest BCUT2D eigenvalue weighted by molar-refractivity contribution is 5.94. The Morgan fingerprint density at radius 1 is 1.14 bits per heavy atom. The second-order valence-corrected chi connectivity index (χ2v) is 10.4. The van der Waals surface area contributed by atoms with E-state index in [1.54, 1.807) is 39.1 Å². The van der Waals surface area contributed by atoms with E-state index < -0.39 is 11.2 Å². The van der Waals surface area contributed by atoms with E-state index in [2.05, 4.69) is 27.1 Å². The van der Waals surface area contributed by atoms with Crippen molar-refractivity contribution in [2.45, 2.75) is 59.5 Å². The van der Waals surface area contributed by atoms with Crippen molar-refractivity contribution in [2.24, 2.45) is 5.41 Å². The Morgan fingerprint density at radius 3 is 2.43 bits per heavy atom. The Hall–Kier alpha value is -3.75. The Bertz CT molecular complexity index is 1290. The molecule has 196 valence electrons. The summed E-state index contributed by atoms with van der Waals surface area (Å²) in [6, 6.07) is 7.40. The second-order valence-electron chi connectivity index (χ2n) is 10.4. The van der Waals surface area contributed by atoms with Crippen molar-refractivity contribution in [3.05, 3.63) is 70.7 Å². The van der Waals surface area contributed by atoms with Crippen LogP contribution >= 0.6 is 0 Å². The van der Waals surface area contributed by atoms with E-state index in [0.717, 1.165) is 50.3 Å². The van der Waals surface area contributed by atoms with E-state index in [4.69, 9.17) is 4.74 Å². The van der Waals surface area contributed by atoms with Crippen LogP contribution in [-0.2, 0) is 11.2 Å². The van der Waals surface area contributed by atoms with Crippen LogP contribution in [0.5, 0.6) is 5.75 Å². The molecule has 1 aliphatic heterocycles. The summed E-state index contributed by atoms with van der Waals surface area (Å²) in [6.45, 7) is 8.93. The Labute approximate surface area is 216 Å². The maximum Gasteiger partial charge on any atom is 0.258 e. The molecule has 2 aromatic heterocycles. The lowest BCUT2D eigenvalue weighted by Crippen LogP contribution is -2.39. The quantitative estimate of drug-likeness (QED) is 0.496. The summed E-state index contributed by atoms with van der Waals surface area (Å²) in [5, 5.41) is 2.59. The van der Waals surface area contributed by atoms with Crippen LogP contribution in [-0.4, -0.2) is 39.6 Å². The molecule has 1 amide bonds. The third-order valence-electron chi connectivity index (χ3n) is 6.31. The average molecular weight is 508 g/mol. The SMILES string of the molecule is CCCc1cnc(N2CCC(Oc3ccn(-c4ccc(NC(=O)C(C)(C)C)c(F)c4)c(=O)c3)CC2)nc1. The van der Waals surface area contributed by atoms with Gasteiger partial charge in [-0.2, -0.15) is 0 Å². The highest BCUT2D eigenvalue weighted by Gasteiger charge is 2.23. The van der Waals surface area contributed by atoms with Gasteiger partial charge in [0.05, 0.1) is 11.4 Å². The van der Waals surface area contributed by atoms with Crippen molar-refractivity contribution in [1.29, 1.82) is 0 Å². The summed E-state index contributed by atoms with van der Waals surface area (Å²) in [5.74, 6) is 0.311. The number of hydrogen-bond acceptors (Lipinski definition) is 6. The van der Waals surface area contributed by atoms with E-state index >= 15 is 0 Å². The standard InChI is InChI=1S/C28H34FN5O3/c1-5-6-19-17-30-27(31-18-19)33-12-9-21(10-13-33)37-22-11-14-34(25(35)16-22)20-7-8-24(23(29)15-20)32-26(36)28(2,3)4/h7-8,11,14-18,21H,5-6,9-10,12-13H2,1-4H3,(H,32,36). The van der Waals surface area contributed by atoms with Crippen LogP contribution in [0.2, 0.25) is 0 Å². The van der Waals surface area contributed by atoms with Crippen molar-refractivity contribution in [3.63, 3.8) is 0 Å². The van der Waals surface area contributed by atoms with Gasteiger partial charge in [-0.15, -0.1) is 0 Å². The molecule has 3 aromatic rings. The molecule has 0 atom stereocenters. The van der Waals surface area contributed by atoms with E-state index in [-0.39, 0.29) is 23.3 Å². The molecule has 0 spiro atoms. The number of ether oxygens (including phenoxy) is 1. The van der Waals surface area contributed by atoms with Crippen LogP contribution in [0.4, 0.5) is 16.0 Å². The molecule has 1 N–H and O–H groups in total. The van der Waals surface area contributed by atoms with Crippen molar-refractivity contribution in [1.82, 2.24) is 14.5 Å². The molecular formula is C28H34FN5O3. The zero-order valence-corrected chi connectivity index (χ0v) is 21.8. The normalized spacial score (nSPS) is 14.5. The smallest absolute Gasteiger partial charge is 0.258 e. The van der Waals surface area contributed by atoms with Gasteiger partial charge in [0, 0.05) is 62.1 Å². The lowest BCUT2D eigenvalue weighted by Gasteiger charge is -2.32. The van der Waals surface area contributed by atoms with E-state index in [1.807, 2.05) is 12.4 Å². The van der Waals surface area contributed by atoms with Crippen molar-refractivity contribution < 1.29 is 13.9 Å². The number of piperidine rings is 1. The number of nitrogens with one attached hydrogen (secondary N) is 1. The Morgan fingerprint density at radius 2 is 1.84 bits per heavy atom. The molecule has 0 radical (unpaired) electrons. The van der Waals surface area contributed by atoms with Gasteiger partial charge in [0.2, 0.25) is 11.9 Å². The van der Waals surface area contributed by atoms with E-state index in [1.165, 1.54) is 22.8 Å². The van der Waals surface area contributed by atoms with Crippen molar-refractivity contribution >= 4 is 17.5 Å². The van der Waals surface area contributed by atoms with Crippen molar-refractivity contribution in [2.75, 3.05) is 23.3 Å². The zero-order valence-electron chi connectivity index (χ0n) is 21.8. The van der Waals surface area contributed by atoms with Gasteiger partial charge in [-0.3, -0.25) is 14.2 Å². The maximum absolute atomic E-state index is 14.6. The first-order valence-electron chi connectivity index (χ1n) is 12.7. The van der Waals surface area contributed by atoms with Crippen LogP contribution in [0, 0.1) is 11.2 Å². The predicted molar refractivity (Wildman–Crippen MR) is 142 cm³/mol. The van der Waals surface area contributed by atoms with Crippen LogP contribution in [0.1, 0.15) is 52.5 Å². The number of benzene rings is 1. The summed E-state index contributed by atoms with van der Waals surface area (Å²) in [5.41, 5.74) is 0.597. The molecule has 0 aliphatic carbocycles. The number of nitrogens with zero attached hydrogens (tertiary/aromatic N) is 4. The van der Waals surface area contributed by atoms with Crippen LogP contribution < -0.4 is 20.5 Å². The topological polar surface area (TPSA) is 89.4 Å². The molecule has 1 fully saturated rings. The Kier molecular flexibility index (Phi) is 7.90. The fourth-order valence-corrected chi connectivity index (χ4v) is 4.11. The van der Waals surface area contributed by atoms with Crippen LogP contribution in [0.25, 0.3) is 5.69 Å². The van der Waals surface area contributed by atoms with Crippen LogP contribution in [0.3, 0.4) is 0 Å². The minimum atomic E-state index is -0.651. The van der Waals surface area contributed by atoms with E-state index in [0.29, 0.717) is 11.4 Å². The molecule has 0 saturated carbocycles. The van der Waals surface area contributed by atoms with Gasteiger partial charge < -0.3 is 15.0 Å². The molecule has 3 heterocycles. The predicted octanol–water partition coefficient (Wildman–Crippen LogP) is 4.75. The number of pyridine rings is 1. The van der Waals surface area contributed by atoms with Gasteiger partial charge in [-0.1, -0.05) is 34.1 Å².